The van der Waals surface area contributed by atoms with Gasteiger partial charge in [-0.2, -0.15) is 10.2 Å². The molecule has 1 unspecified atom stereocenters. The van der Waals surface area contributed by atoms with Gasteiger partial charge in [-0.3, -0.25) is 5.01 Å². The van der Waals surface area contributed by atoms with Crippen molar-refractivity contribution in [2.45, 2.75) is 12.0 Å². The van der Waals surface area contributed by atoms with Crippen LogP contribution in [0.3, 0.4) is 0 Å². The molecule has 9 heavy (non-hydrogen) atoms. The van der Waals surface area contributed by atoms with E-state index < -0.39 is 5.08 Å². The molecule has 0 aromatic rings. The molecular formula is C4H7BrFN3. The third-order valence-corrected chi connectivity index (χ3v) is 1.95. The highest BCUT2D eigenvalue weighted by molar-refractivity contribution is 9.09. The highest BCUT2D eigenvalue weighted by atomic mass is 79.9. The van der Waals surface area contributed by atoms with Crippen molar-refractivity contribution in [2.75, 3.05) is 6.54 Å². The van der Waals surface area contributed by atoms with E-state index >= 15 is 0 Å². The predicted octanol–water partition coefficient (Wildman–Crippen LogP) is 1.13. The lowest BCUT2D eigenvalue weighted by Crippen LogP contribution is -2.29. The van der Waals surface area contributed by atoms with Gasteiger partial charge in [0.15, 0.2) is 0 Å². The average Bonchev–Trinajstić information content (AvgIpc) is 2.15. The number of rotatable bonds is 1. The molecule has 0 spiro atoms. The van der Waals surface area contributed by atoms with E-state index in [0.29, 0.717) is 11.7 Å². The molecule has 0 aromatic carbocycles. The van der Waals surface area contributed by atoms with Crippen molar-refractivity contribution in [3.63, 3.8) is 0 Å². The smallest absolute Gasteiger partial charge is 0.204 e. The fourth-order valence-electron chi connectivity index (χ4n) is 0.585. The average molecular weight is 196 g/mol. The van der Waals surface area contributed by atoms with Gasteiger partial charge >= 0.3 is 0 Å². The SMILES string of the molecule is CCN1N=CN(F)C1Br. The third-order valence-electron chi connectivity index (χ3n) is 1.08. The Morgan fingerprint density at radius 2 is 2.56 bits per heavy atom. The number of hydrogen-bond donors (Lipinski definition) is 0. The summed E-state index contributed by atoms with van der Waals surface area (Å²) in [5.74, 6) is 0. The second kappa shape index (κ2) is 2.51. The van der Waals surface area contributed by atoms with Crippen molar-refractivity contribution in [1.29, 1.82) is 0 Å². The summed E-state index contributed by atoms with van der Waals surface area (Å²) in [4.78, 5) is 0. The first-order chi connectivity index (χ1) is 4.25. The van der Waals surface area contributed by atoms with E-state index in [1.54, 1.807) is 5.01 Å². The number of hydrogen-bond acceptors (Lipinski definition) is 3. The number of alkyl halides is 1. The van der Waals surface area contributed by atoms with E-state index in [2.05, 4.69) is 21.0 Å². The first-order valence-electron chi connectivity index (χ1n) is 2.64. The van der Waals surface area contributed by atoms with Crippen LogP contribution in [0.4, 0.5) is 4.48 Å². The molecule has 1 aliphatic heterocycles. The standard InChI is InChI=1S/C4H7BrFN3/c1-2-9-4(5)8(6)3-7-9/h3-4H,2H2,1H3. The molecule has 0 N–H and O–H groups in total. The summed E-state index contributed by atoms with van der Waals surface area (Å²) < 4.78 is 12.3. The predicted molar refractivity (Wildman–Crippen MR) is 36.5 cm³/mol. The Hall–Kier alpha value is -0.320. The fraction of sp³-hybridized carbons (Fsp3) is 0.750. The van der Waals surface area contributed by atoms with E-state index in [4.69, 9.17) is 0 Å². The molecule has 1 atom stereocenters. The van der Waals surface area contributed by atoms with Gasteiger partial charge in [0.1, 0.15) is 6.34 Å². The van der Waals surface area contributed by atoms with Gasteiger partial charge < -0.3 is 0 Å². The van der Waals surface area contributed by atoms with Crippen molar-refractivity contribution in [2.24, 2.45) is 5.10 Å². The maximum atomic E-state index is 12.3. The van der Waals surface area contributed by atoms with E-state index in [1.165, 1.54) is 0 Å². The lowest BCUT2D eigenvalue weighted by molar-refractivity contribution is 0.0648. The van der Waals surface area contributed by atoms with Crippen molar-refractivity contribution in [3.05, 3.63) is 0 Å². The summed E-state index contributed by atoms with van der Waals surface area (Å²) in [7, 11) is 0. The second-order valence-electron chi connectivity index (χ2n) is 1.64. The van der Waals surface area contributed by atoms with Crippen molar-refractivity contribution in [1.82, 2.24) is 10.1 Å². The molecule has 3 nitrogen and oxygen atoms in total. The van der Waals surface area contributed by atoms with Gasteiger partial charge in [-0.1, -0.05) is 4.48 Å². The second-order valence-corrected chi connectivity index (χ2v) is 2.46. The highest BCUT2D eigenvalue weighted by Crippen LogP contribution is 2.16. The number of nitrogens with zero attached hydrogens (tertiary/aromatic N) is 3. The maximum Gasteiger partial charge on any atom is 0.204 e. The Kier molecular flexibility index (Phi) is 1.90. The Morgan fingerprint density at radius 3 is 2.78 bits per heavy atom. The minimum absolute atomic E-state index is 0.414. The van der Waals surface area contributed by atoms with Gasteiger partial charge in [-0.25, -0.2) is 0 Å². The molecule has 0 amide bonds. The topological polar surface area (TPSA) is 18.8 Å². The summed E-state index contributed by atoms with van der Waals surface area (Å²) in [5, 5.41) is 5.40. The molecule has 0 aromatic heterocycles. The van der Waals surface area contributed by atoms with Crippen molar-refractivity contribution in [3.8, 4) is 0 Å². The molecule has 1 rings (SSSR count). The van der Waals surface area contributed by atoms with Gasteiger partial charge in [0.05, 0.1) is 0 Å². The third kappa shape index (κ3) is 1.15. The van der Waals surface area contributed by atoms with Crippen LogP contribution in [0.1, 0.15) is 6.92 Å². The Balaban J connectivity index is 2.51. The Labute approximate surface area is 61.2 Å². The summed E-state index contributed by atoms with van der Waals surface area (Å²) >= 11 is 3.08. The van der Waals surface area contributed by atoms with E-state index in [0.717, 1.165) is 6.34 Å². The van der Waals surface area contributed by atoms with Crippen LogP contribution in [0.2, 0.25) is 0 Å². The summed E-state index contributed by atoms with van der Waals surface area (Å²) in [6.45, 7) is 2.61. The minimum atomic E-state index is -0.414. The molecule has 0 fully saturated rings. The molecule has 1 heterocycles. The van der Waals surface area contributed by atoms with Gasteiger partial charge in [-0.05, 0) is 22.9 Å². The van der Waals surface area contributed by atoms with Gasteiger partial charge in [0.25, 0.3) is 0 Å². The summed E-state index contributed by atoms with van der Waals surface area (Å²) in [5.41, 5.74) is 0. The van der Waals surface area contributed by atoms with Crippen LogP contribution >= 0.6 is 15.9 Å². The zero-order valence-corrected chi connectivity index (χ0v) is 6.55. The minimum Gasteiger partial charge on any atom is -0.261 e. The highest BCUT2D eigenvalue weighted by Gasteiger charge is 2.23. The Bertz CT molecular complexity index is 129. The molecular weight excluding hydrogens is 189 g/mol. The molecule has 0 saturated carbocycles. The van der Waals surface area contributed by atoms with Crippen LogP contribution in [0, 0.1) is 0 Å². The van der Waals surface area contributed by atoms with E-state index in [9.17, 15) is 4.48 Å². The van der Waals surface area contributed by atoms with Crippen molar-refractivity contribution < 1.29 is 4.48 Å². The van der Waals surface area contributed by atoms with Gasteiger partial charge in [-0.15, -0.1) is 0 Å². The molecule has 52 valence electrons. The van der Waals surface area contributed by atoms with Gasteiger partial charge in [0.2, 0.25) is 5.08 Å². The lowest BCUT2D eigenvalue weighted by atomic mass is 10.7. The largest absolute Gasteiger partial charge is 0.261 e. The van der Waals surface area contributed by atoms with Gasteiger partial charge in [0, 0.05) is 6.54 Å². The molecule has 0 saturated heterocycles. The number of halogens is 2. The fourth-order valence-corrected chi connectivity index (χ4v) is 1.09. The van der Waals surface area contributed by atoms with Crippen LogP contribution < -0.4 is 0 Å². The van der Waals surface area contributed by atoms with Crippen LogP contribution in [0.15, 0.2) is 5.10 Å². The van der Waals surface area contributed by atoms with Crippen LogP contribution in [-0.4, -0.2) is 28.1 Å². The molecule has 0 aliphatic carbocycles. The Morgan fingerprint density at radius 1 is 1.89 bits per heavy atom. The zero-order chi connectivity index (χ0) is 6.85. The first-order valence-corrected chi connectivity index (χ1v) is 3.56. The van der Waals surface area contributed by atoms with Crippen LogP contribution in [-0.2, 0) is 0 Å². The van der Waals surface area contributed by atoms with Crippen LogP contribution in [0.5, 0.6) is 0 Å². The molecule has 1 aliphatic rings. The molecule has 5 heteroatoms. The normalized spacial score (nSPS) is 25.9. The molecule has 0 bridgehead atoms. The van der Waals surface area contributed by atoms with E-state index in [-0.39, 0.29) is 0 Å². The zero-order valence-electron chi connectivity index (χ0n) is 4.96. The summed E-state index contributed by atoms with van der Waals surface area (Å²) in [6.07, 6.45) is 1.14. The molecule has 0 radical (unpaired) electrons. The van der Waals surface area contributed by atoms with E-state index in [1.807, 2.05) is 6.92 Å². The summed E-state index contributed by atoms with van der Waals surface area (Å²) in [6, 6.07) is 0. The van der Waals surface area contributed by atoms with Crippen LogP contribution in [0.25, 0.3) is 0 Å². The van der Waals surface area contributed by atoms with Crippen molar-refractivity contribution >= 4 is 22.3 Å². The first kappa shape index (κ1) is 6.80. The lowest BCUT2D eigenvalue weighted by Gasteiger charge is -2.17. The quantitative estimate of drug-likeness (QED) is 0.355. The number of hydrazone groups is 1. The monoisotopic (exact) mass is 195 g/mol. The maximum absolute atomic E-state index is 12.3.